The fourth-order valence-corrected chi connectivity index (χ4v) is 2.25. The van der Waals surface area contributed by atoms with Crippen molar-refractivity contribution >= 4 is 27.3 Å². The molecule has 2 rings (SSSR count). The summed E-state index contributed by atoms with van der Waals surface area (Å²) in [6, 6.07) is 8.81. The average Bonchev–Trinajstić information content (AvgIpc) is 2.46. The fraction of sp³-hybridized carbons (Fsp3) is 0.143. The zero-order chi connectivity index (χ0) is 15.4. The van der Waals surface area contributed by atoms with Gasteiger partial charge in [-0.3, -0.25) is 10.1 Å². The molecule has 0 aromatic heterocycles. The van der Waals surface area contributed by atoms with Gasteiger partial charge in [0.05, 0.1) is 17.7 Å². The van der Waals surface area contributed by atoms with Crippen LogP contribution < -0.4 is 10.1 Å². The molecular formula is C14H12BrFN2O3. The molecule has 0 saturated heterocycles. The maximum atomic E-state index is 13.7. The van der Waals surface area contributed by atoms with Crippen LogP contribution in [0.15, 0.2) is 40.9 Å². The lowest BCUT2D eigenvalue weighted by atomic mass is 10.2. The summed E-state index contributed by atoms with van der Waals surface area (Å²) in [4.78, 5) is 10.1. The number of benzene rings is 2. The van der Waals surface area contributed by atoms with Crippen LogP contribution in [-0.4, -0.2) is 12.0 Å². The molecule has 0 amide bonds. The van der Waals surface area contributed by atoms with E-state index in [2.05, 4.69) is 21.2 Å². The van der Waals surface area contributed by atoms with Crippen LogP contribution in [0.3, 0.4) is 0 Å². The Morgan fingerprint density at radius 2 is 2.10 bits per heavy atom. The third-order valence-electron chi connectivity index (χ3n) is 2.87. The average molecular weight is 355 g/mol. The summed E-state index contributed by atoms with van der Waals surface area (Å²) in [6.45, 7) is 0.278. The van der Waals surface area contributed by atoms with E-state index < -0.39 is 10.7 Å². The smallest absolute Gasteiger partial charge is 0.271 e. The minimum absolute atomic E-state index is 0.0752. The summed E-state index contributed by atoms with van der Waals surface area (Å²) >= 11 is 3.35. The van der Waals surface area contributed by atoms with Gasteiger partial charge in [0.15, 0.2) is 0 Å². The molecule has 2 aromatic rings. The monoisotopic (exact) mass is 354 g/mol. The van der Waals surface area contributed by atoms with Gasteiger partial charge in [0.25, 0.3) is 5.69 Å². The van der Waals surface area contributed by atoms with Crippen molar-refractivity contribution in [2.24, 2.45) is 0 Å². The molecule has 0 saturated carbocycles. The second-order valence-electron chi connectivity index (χ2n) is 4.23. The van der Waals surface area contributed by atoms with Gasteiger partial charge in [-0.1, -0.05) is 15.9 Å². The van der Waals surface area contributed by atoms with Crippen molar-refractivity contribution in [1.82, 2.24) is 0 Å². The third-order valence-corrected chi connectivity index (χ3v) is 3.37. The van der Waals surface area contributed by atoms with E-state index in [9.17, 15) is 14.5 Å². The number of nitro benzene ring substituents is 1. The number of hydrogen-bond acceptors (Lipinski definition) is 4. The molecule has 0 bridgehead atoms. The Morgan fingerprint density at radius 1 is 1.33 bits per heavy atom. The first kappa shape index (κ1) is 15.2. The number of methoxy groups -OCH3 is 1. The zero-order valence-electron chi connectivity index (χ0n) is 11.1. The molecule has 5 nitrogen and oxygen atoms in total. The number of halogens is 2. The maximum Gasteiger partial charge on any atom is 0.271 e. The van der Waals surface area contributed by atoms with Gasteiger partial charge >= 0.3 is 0 Å². The van der Waals surface area contributed by atoms with E-state index in [4.69, 9.17) is 4.74 Å². The van der Waals surface area contributed by atoms with Gasteiger partial charge in [-0.2, -0.15) is 0 Å². The van der Waals surface area contributed by atoms with Crippen LogP contribution in [0, 0.1) is 15.9 Å². The van der Waals surface area contributed by atoms with Crippen molar-refractivity contribution in [3.05, 3.63) is 62.4 Å². The first-order valence-electron chi connectivity index (χ1n) is 6.01. The van der Waals surface area contributed by atoms with Crippen molar-refractivity contribution in [3.8, 4) is 5.75 Å². The Labute approximate surface area is 129 Å². The van der Waals surface area contributed by atoms with E-state index in [0.717, 1.165) is 22.2 Å². The van der Waals surface area contributed by atoms with Crippen LogP contribution >= 0.6 is 15.9 Å². The van der Waals surface area contributed by atoms with Crippen molar-refractivity contribution in [1.29, 1.82) is 0 Å². The highest BCUT2D eigenvalue weighted by Crippen LogP contribution is 2.26. The van der Waals surface area contributed by atoms with Crippen LogP contribution in [-0.2, 0) is 6.54 Å². The van der Waals surface area contributed by atoms with E-state index in [1.165, 1.54) is 6.07 Å². The Bertz CT molecular complexity index is 679. The Kier molecular flexibility index (Phi) is 4.74. The van der Waals surface area contributed by atoms with E-state index in [1.54, 1.807) is 13.2 Å². The molecule has 0 atom stereocenters. The Balaban J connectivity index is 2.22. The molecule has 21 heavy (non-hydrogen) atoms. The molecule has 0 unspecified atom stereocenters. The summed E-state index contributed by atoms with van der Waals surface area (Å²) in [5, 5.41) is 13.6. The number of nitrogens with zero attached hydrogens (tertiary/aromatic N) is 1. The first-order chi connectivity index (χ1) is 10.0. The minimum Gasteiger partial charge on any atom is -0.496 e. The Morgan fingerprint density at radius 3 is 2.76 bits per heavy atom. The van der Waals surface area contributed by atoms with Gasteiger partial charge < -0.3 is 10.1 Å². The summed E-state index contributed by atoms with van der Waals surface area (Å²) < 4.78 is 19.8. The normalized spacial score (nSPS) is 10.2. The molecule has 110 valence electrons. The lowest BCUT2D eigenvalue weighted by Crippen LogP contribution is -2.04. The molecule has 0 radical (unpaired) electrons. The number of hydrogen-bond donors (Lipinski definition) is 1. The quantitative estimate of drug-likeness (QED) is 0.647. The second-order valence-corrected chi connectivity index (χ2v) is 5.15. The number of anilines is 1. The minimum atomic E-state index is -0.565. The van der Waals surface area contributed by atoms with Crippen LogP contribution in [0.5, 0.6) is 5.75 Å². The predicted octanol–water partition coefficient (Wildman–Crippen LogP) is 4.12. The largest absolute Gasteiger partial charge is 0.496 e. The van der Waals surface area contributed by atoms with E-state index in [0.29, 0.717) is 5.75 Å². The highest BCUT2D eigenvalue weighted by molar-refractivity contribution is 9.10. The van der Waals surface area contributed by atoms with Crippen molar-refractivity contribution < 1.29 is 14.1 Å². The van der Waals surface area contributed by atoms with Crippen LogP contribution in [0.2, 0.25) is 0 Å². The van der Waals surface area contributed by atoms with Gasteiger partial charge in [0, 0.05) is 28.7 Å². The van der Waals surface area contributed by atoms with E-state index >= 15 is 0 Å². The second kappa shape index (κ2) is 6.53. The predicted molar refractivity (Wildman–Crippen MR) is 81.1 cm³/mol. The summed E-state index contributed by atoms with van der Waals surface area (Å²) in [7, 11) is 1.54. The number of nitrogens with one attached hydrogen (secondary N) is 1. The third kappa shape index (κ3) is 3.69. The molecule has 0 fully saturated rings. The summed E-state index contributed by atoms with van der Waals surface area (Å²) in [5.41, 5.74) is 0.712. The standard InChI is InChI=1S/C14H12BrFN2O3/c1-21-14-5-2-10(15)6-9(14)8-17-13-7-11(18(19)20)3-4-12(13)16/h2-7,17H,8H2,1H3. The number of ether oxygens (including phenoxy) is 1. The van der Waals surface area contributed by atoms with Crippen molar-refractivity contribution in [2.45, 2.75) is 6.54 Å². The molecule has 0 aliphatic carbocycles. The molecular weight excluding hydrogens is 343 g/mol. The molecule has 1 N–H and O–H groups in total. The van der Waals surface area contributed by atoms with Gasteiger partial charge in [-0.05, 0) is 24.3 Å². The molecule has 0 heterocycles. The van der Waals surface area contributed by atoms with Gasteiger partial charge in [-0.15, -0.1) is 0 Å². The summed E-state index contributed by atoms with van der Waals surface area (Å²) in [5.74, 6) is 0.103. The van der Waals surface area contributed by atoms with Crippen molar-refractivity contribution in [2.75, 3.05) is 12.4 Å². The highest BCUT2D eigenvalue weighted by Gasteiger charge is 2.11. The lowest BCUT2D eigenvalue weighted by molar-refractivity contribution is -0.384. The number of non-ortho nitro benzene ring substituents is 1. The molecule has 2 aromatic carbocycles. The van der Waals surface area contributed by atoms with Crippen LogP contribution in [0.4, 0.5) is 15.8 Å². The molecule has 0 spiro atoms. The SMILES string of the molecule is COc1ccc(Br)cc1CNc1cc([N+](=O)[O-])ccc1F. The fourth-order valence-electron chi connectivity index (χ4n) is 1.84. The number of rotatable bonds is 5. The maximum absolute atomic E-state index is 13.7. The van der Waals surface area contributed by atoms with Crippen LogP contribution in [0.25, 0.3) is 0 Å². The first-order valence-corrected chi connectivity index (χ1v) is 6.81. The lowest BCUT2D eigenvalue weighted by Gasteiger charge is -2.11. The van der Waals surface area contributed by atoms with Crippen molar-refractivity contribution in [3.63, 3.8) is 0 Å². The topological polar surface area (TPSA) is 64.4 Å². The Hall–Kier alpha value is -2.15. The van der Waals surface area contributed by atoms with E-state index in [-0.39, 0.29) is 17.9 Å². The van der Waals surface area contributed by atoms with Gasteiger partial charge in [0.1, 0.15) is 11.6 Å². The summed E-state index contributed by atoms with van der Waals surface area (Å²) in [6.07, 6.45) is 0. The number of nitro groups is 1. The zero-order valence-corrected chi connectivity index (χ0v) is 12.7. The molecule has 7 heteroatoms. The van der Waals surface area contributed by atoms with Gasteiger partial charge in [-0.25, -0.2) is 4.39 Å². The van der Waals surface area contributed by atoms with E-state index in [1.807, 2.05) is 12.1 Å². The van der Waals surface area contributed by atoms with Gasteiger partial charge in [0.2, 0.25) is 0 Å². The molecule has 0 aliphatic heterocycles. The molecule has 0 aliphatic rings. The highest BCUT2D eigenvalue weighted by atomic mass is 79.9. The van der Waals surface area contributed by atoms with Crippen LogP contribution in [0.1, 0.15) is 5.56 Å².